The molecule has 1 aliphatic heterocycles. The maximum atomic E-state index is 11.8. The Morgan fingerprint density at radius 3 is 2.59 bits per heavy atom. The molecule has 2 amide bonds. The lowest BCUT2D eigenvalue weighted by atomic mass is 9.72. The zero-order chi connectivity index (χ0) is 20.3. The van der Waals surface area contributed by atoms with E-state index < -0.39 is 0 Å². The van der Waals surface area contributed by atoms with Gasteiger partial charge >= 0.3 is 6.03 Å². The van der Waals surface area contributed by atoms with Gasteiger partial charge in [-0.3, -0.25) is 9.88 Å². The van der Waals surface area contributed by atoms with Crippen LogP contribution in [0.3, 0.4) is 0 Å². The molecule has 0 radical (unpaired) electrons. The summed E-state index contributed by atoms with van der Waals surface area (Å²) in [5, 5.41) is 5.68. The van der Waals surface area contributed by atoms with Crippen LogP contribution in [0.25, 0.3) is 0 Å². The smallest absolute Gasteiger partial charge is 0.314 e. The number of carbonyl (C=O) groups excluding carboxylic acids is 1. The van der Waals surface area contributed by atoms with Gasteiger partial charge < -0.3 is 15.4 Å². The Hall–Kier alpha value is -1.66. The van der Waals surface area contributed by atoms with Crippen molar-refractivity contribution in [2.45, 2.75) is 59.1 Å². The summed E-state index contributed by atoms with van der Waals surface area (Å²) in [6.45, 7) is 15.8. The van der Waals surface area contributed by atoms with Crippen LogP contribution in [0.5, 0.6) is 0 Å². The van der Waals surface area contributed by atoms with Crippen molar-refractivity contribution in [3.63, 3.8) is 0 Å². The maximum Gasteiger partial charge on any atom is 0.314 e. The molecular formula is C21H36N4O2. The second-order valence-corrected chi connectivity index (χ2v) is 8.58. The van der Waals surface area contributed by atoms with Crippen LogP contribution in [0, 0.1) is 12.3 Å². The Balaban J connectivity index is 2.27. The summed E-state index contributed by atoms with van der Waals surface area (Å²) in [4.78, 5) is 18.8. The summed E-state index contributed by atoms with van der Waals surface area (Å²) in [5.41, 5.74) is 1.58. The number of aromatic nitrogens is 1. The third-order valence-electron chi connectivity index (χ3n) is 6.36. The molecule has 1 atom stereocenters. The van der Waals surface area contributed by atoms with E-state index in [2.05, 4.69) is 60.3 Å². The highest BCUT2D eigenvalue weighted by Gasteiger charge is 2.52. The first-order valence-corrected chi connectivity index (χ1v) is 9.86. The van der Waals surface area contributed by atoms with E-state index in [1.807, 2.05) is 20.0 Å². The van der Waals surface area contributed by atoms with Crippen molar-refractivity contribution < 1.29 is 9.53 Å². The van der Waals surface area contributed by atoms with Gasteiger partial charge in [-0.1, -0.05) is 6.07 Å². The van der Waals surface area contributed by atoms with Gasteiger partial charge in [0, 0.05) is 49.6 Å². The number of amides is 2. The average molecular weight is 377 g/mol. The van der Waals surface area contributed by atoms with Crippen molar-refractivity contribution in [3.05, 3.63) is 29.6 Å². The van der Waals surface area contributed by atoms with Gasteiger partial charge in [-0.15, -0.1) is 0 Å². The zero-order valence-corrected chi connectivity index (χ0v) is 18.0. The lowest BCUT2D eigenvalue weighted by molar-refractivity contribution is -0.104. The third kappa shape index (κ3) is 4.43. The number of rotatable bonds is 7. The number of aryl methyl sites for hydroxylation is 1. The van der Waals surface area contributed by atoms with E-state index in [1.165, 1.54) is 5.56 Å². The van der Waals surface area contributed by atoms with Gasteiger partial charge in [-0.05, 0) is 66.1 Å². The molecule has 1 saturated heterocycles. The maximum absolute atomic E-state index is 11.8. The first kappa shape index (κ1) is 21.6. The first-order valence-electron chi connectivity index (χ1n) is 9.86. The van der Waals surface area contributed by atoms with E-state index in [0.717, 1.165) is 25.2 Å². The molecule has 0 bridgehead atoms. The van der Waals surface area contributed by atoms with Crippen molar-refractivity contribution >= 4 is 6.03 Å². The molecule has 1 aromatic rings. The van der Waals surface area contributed by atoms with Gasteiger partial charge in [-0.25, -0.2) is 4.79 Å². The average Bonchev–Trinajstić information content (AvgIpc) is 3.07. The summed E-state index contributed by atoms with van der Waals surface area (Å²) in [5.74, 6) is 0. The third-order valence-corrected chi connectivity index (χ3v) is 6.36. The van der Waals surface area contributed by atoms with E-state index in [-0.39, 0.29) is 22.6 Å². The van der Waals surface area contributed by atoms with Crippen LogP contribution in [-0.2, 0) is 10.3 Å². The molecular weight excluding hydrogens is 340 g/mol. The van der Waals surface area contributed by atoms with E-state index in [0.29, 0.717) is 13.2 Å². The van der Waals surface area contributed by atoms with Crippen LogP contribution in [0.2, 0.25) is 0 Å². The summed E-state index contributed by atoms with van der Waals surface area (Å²) >= 11 is 0. The Bertz CT molecular complexity index is 642. The Morgan fingerprint density at radius 2 is 2.04 bits per heavy atom. The van der Waals surface area contributed by atoms with Crippen molar-refractivity contribution in [2.75, 3.05) is 33.3 Å². The number of urea groups is 1. The van der Waals surface area contributed by atoms with Gasteiger partial charge in [0.25, 0.3) is 0 Å². The standard InChI is InChI=1S/C21H36N4O2/c1-8-27-20(5,6)21(14-24-18(26)22-7)11-12-25(15-21)19(3,4)17-10-9-16(2)23-13-17/h9-10,13H,8,11-12,14-15H2,1-7H3,(H2,22,24,26)/t21-/m0/s1. The molecule has 2 N–H and O–H groups in total. The Morgan fingerprint density at radius 1 is 1.33 bits per heavy atom. The summed E-state index contributed by atoms with van der Waals surface area (Å²) in [6, 6.07) is 4.08. The van der Waals surface area contributed by atoms with Gasteiger partial charge in [0.1, 0.15) is 0 Å². The SMILES string of the molecule is CCOC(C)(C)[C@]1(CNC(=O)NC)CCN(C(C)(C)c2ccc(C)nc2)C1. The molecule has 6 heteroatoms. The van der Waals surface area contributed by atoms with Gasteiger partial charge in [0.05, 0.1) is 5.60 Å². The van der Waals surface area contributed by atoms with Gasteiger partial charge in [0.15, 0.2) is 0 Å². The number of hydrogen-bond donors (Lipinski definition) is 2. The largest absolute Gasteiger partial charge is 0.375 e. The normalized spacial score (nSPS) is 21.3. The molecule has 2 heterocycles. The quantitative estimate of drug-likeness (QED) is 0.768. The van der Waals surface area contributed by atoms with Crippen LogP contribution in [0.4, 0.5) is 4.79 Å². The molecule has 0 aromatic carbocycles. The highest BCUT2D eigenvalue weighted by molar-refractivity contribution is 5.73. The number of pyridine rings is 1. The van der Waals surface area contributed by atoms with E-state index >= 15 is 0 Å². The Kier molecular flexibility index (Phi) is 6.53. The second kappa shape index (κ2) is 8.15. The van der Waals surface area contributed by atoms with Crippen molar-refractivity contribution in [3.8, 4) is 0 Å². The lowest BCUT2D eigenvalue weighted by Crippen LogP contribution is -2.56. The van der Waals surface area contributed by atoms with Crippen LogP contribution in [0.15, 0.2) is 18.3 Å². The minimum Gasteiger partial charge on any atom is -0.375 e. The van der Waals surface area contributed by atoms with E-state index in [4.69, 9.17) is 4.74 Å². The molecule has 0 saturated carbocycles. The van der Waals surface area contributed by atoms with Crippen molar-refractivity contribution in [1.82, 2.24) is 20.5 Å². The number of hydrogen-bond acceptors (Lipinski definition) is 4. The van der Waals surface area contributed by atoms with Gasteiger partial charge in [-0.2, -0.15) is 0 Å². The van der Waals surface area contributed by atoms with Crippen LogP contribution in [0.1, 0.15) is 52.3 Å². The van der Waals surface area contributed by atoms with E-state index in [1.54, 1.807) is 7.05 Å². The summed E-state index contributed by atoms with van der Waals surface area (Å²) in [6.07, 6.45) is 2.94. The highest BCUT2D eigenvalue weighted by atomic mass is 16.5. The zero-order valence-electron chi connectivity index (χ0n) is 18.0. The lowest BCUT2D eigenvalue weighted by Gasteiger charge is -2.45. The molecule has 152 valence electrons. The molecule has 1 fully saturated rings. The Labute approximate surface area is 164 Å². The molecule has 1 aliphatic rings. The number of nitrogens with zero attached hydrogens (tertiary/aromatic N) is 2. The summed E-state index contributed by atoms with van der Waals surface area (Å²) in [7, 11) is 1.64. The predicted molar refractivity (Wildman–Crippen MR) is 109 cm³/mol. The predicted octanol–water partition coefficient (Wildman–Crippen LogP) is 3.06. The molecule has 0 spiro atoms. The molecule has 0 unspecified atom stereocenters. The fourth-order valence-corrected chi connectivity index (χ4v) is 4.06. The second-order valence-electron chi connectivity index (χ2n) is 8.58. The molecule has 27 heavy (non-hydrogen) atoms. The minimum absolute atomic E-state index is 0.141. The molecule has 0 aliphatic carbocycles. The molecule has 2 rings (SSSR count). The number of carbonyl (C=O) groups is 1. The van der Waals surface area contributed by atoms with Crippen molar-refractivity contribution in [1.29, 1.82) is 0 Å². The van der Waals surface area contributed by atoms with Crippen molar-refractivity contribution in [2.24, 2.45) is 5.41 Å². The molecule has 1 aromatic heterocycles. The molecule has 6 nitrogen and oxygen atoms in total. The number of likely N-dealkylation sites (tertiary alicyclic amines) is 1. The van der Waals surface area contributed by atoms with E-state index in [9.17, 15) is 4.79 Å². The fraction of sp³-hybridized carbons (Fsp3) is 0.714. The van der Waals surface area contributed by atoms with Crippen LogP contribution in [-0.4, -0.2) is 54.8 Å². The number of ether oxygens (including phenoxy) is 1. The summed E-state index contributed by atoms with van der Waals surface area (Å²) < 4.78 is 6.15. The van der Waals surface area contributed by atoms with Crippen LogP contribution < -0.4 is 10.6 Å². The topological polar surface area (TPSA) is 66.5 Å². The highest BCUT2D eigenvalue weighted by Crippen LogP contribution is 2.46. The van der Waals surface area contributed by atoms with Gasteiger partial charge in [0.2, 0.25) is 0 Å². The monoisotopic (exact) mass is 376 g/mol. The fourth-order valence-electron chi connectivity index (χ4n) is 4.06. The first-order chi connectivity index (χ1) is 12.6. The number of nitrogens with one attached hydrogen (secondary N) is 2. The minimum atomic E-state index is -0.348. The van der Waals surface area contributed by atoms with Crippen LogP contribution >= 0.6 is 0 Å².